The molecule has 1 aliphatic rings. The molecule has 1 fully saturated rings. The first-order valence-corrected chi connectivity index (χ1v) is 11.1. The zero-order valence-corrected chi connectivity index (χ0v) is 17.6. The molecule has 0 saturated carbocycles. The van der Waals surface area contributed by atoms with Gasteiger partial charge in [-0.2, -0.15) is 4.31 Å². The first-order chi connectivity index (χ1) is 13.8. The topological polar surface area (TPSA) is 70.9 Å². The molecule has 1 heterocycles. The third kappa shape index (κ3) is 5.20. The summed E-state index contributed by atoms with van der Waals surface area (Å²) in [6.45, 7) is 5.90. The highest BCUT2D eigenvalue weighted by Crippen LogP contribution is 2.21. The number of amides is 1. The van der Waals surface area contributed by atoms with Crippen molar-refractivity contribution in [3.63, 3.8) is 0 Å². The quantitative estimate of drug-likeness (QED) is 0.721. The number of carbonyl (C=O) groups is 1. The van der Waals surface area contributed by atoms with Crippen LogP contribution in [0.15, 0.2) is 47.4 Å². The van der Waals surface area contributed by atoms with Gasteiger partial charge in [0.1, 0.15) is 5.82 Å². The summed E-state index contributed by atoms with van der Waals surface area (Å²) in [5.41, 5.74) is 2.09. The van der Waals surface area contributed by atoms with Gasteiger partial charge in [0.25, 0.3) is 5.91 Å². The Morgan fingerprint density at radius 3 is 2.52 bits per heavy atom. The average Bonchev–Trinajstić information content (AvgIpc) is 2.69. The number of rotatable bonds is 6. The number of halogens is 1. The molecule has 1 saturated heterocycles. The van der Waals surface area contributed by atoms with E-state index in [0.29, 0.717) is 36.6 Å². The Bertz CT molecular complexity index is 986. The van der Waals surface area contributed by atoms with E-state index < -0.39 is 10.0 Å². The van der Waals surface area contributed by atoms with Crippen molar-refractivity contribution in [2.24, 2.45) is 0 Å². The average molecular weight is 421 g/mol. The minimum Gasteiger partial charge on any atom is -0.347 e. The Hall–Kier alpha value is -2.29. The Kier molecular flexibility index (Phi) is 6.66. The van der Waals surface area contributed by atoms with Crippen molar-refractivity contribution in [3.8, 4) is 0 Å². The van der Waals surface area contributed by atoms with Gasteiger partial charge < -0.3 is 10.2 Å². The molecule has 6 nitrogen and oxygen atoms in total. The monoisotopic (exact) mass is 420 g/mol. The van der Waals surface area contributed by atoms with Crippen molar-refractivity contribution in [3.05, 3.63) is 65.0 Å². The second-order valence-corrected chi connectivity index (χ2v) is 9.37. The van der Waals surface area contributed by atoms with E-state index in [2.05, 4.69) is 5.32 Å². The molecule has 0 radical (unpaired) electrons. The molecule has 2 aromatic rings. The van der Waals surface area contributed by atoms with E-state index in [9.17, 15) is 17.6 Å². The highest BCUT2D eigenvalue weighted by molar-refractivity contribution is 7.89. The molecule has 0 aliphatic carbocycles. The van der Waals surface area contributed by atoms with Crippen LogP contribution in [0, 0.1) is 19.7 Å². The molecule has 2 aromatic carbocycles. The molecule has 2 N–H and O–H groups in total. The maximum absolute atomic E-state index is 13.6. The summed E-state index contributed by atoms with van der Waals surface area (Å²) in [6.07, 6.45) is 0. The molecule has 3 rings (SSSR count). The number of carbonyl (C=O) groups excluding carboxylic acids is 1. The van der Waals surface area contributed by atoms with Crippen molar-refractivity contribution in [2.75, 3.05) is 32.7 Å². The van der Waals surface area contributed by atoms with Crippen LogP contribution in [-0.4, -0.2) is 51.4 Å². The summed E-state index contributed by atoms with van der Waals surface area (Å²) in [6, 6.07) is 11.8. The predicted octanol–water partition coefficient (Wildman–Crippen LogP) is 0.648. The molecule has 8 heteroatoms. The SMILES string of the molecule is Cc1ccc(C)c(S(=O)(=O)N2CC[NH+](CC(=O)NCc3ccccc3F)CC2)c1. The number of sulfonamides is 1. The zero-order valence-electron chi connectivity index (χ0n) is 16.7. The van der Waals surface area contributed by atoms with Gasteiger partial charge in [-0.3, -0.25) is 4.79 Å². The van der Waals surface area contributed by atoms with Crippen LogP contribution in [0.5, 0.6) is 0 Å². The normalized spacial score (nSPS) is 16.0. The summed E-state index contributed by atoms with van der Waals surface area (Å²) in [7, 11) is -3.54. The smallest absolute Gasteiger partial charge is 0.275 e. The molecular formula is C21H27FN3O3S+. The standard InChI is InChI=1S/C21H26FN3O3S/c1-16-7-8-17(2)20(13-16)29(27,28)25-11-9-24(10-12-25)15-21(26)23-14-18-5-3-4-6-19(18)22/h3-8,13H,9-12,14-15H2,1-2H3,(H,23,26)/p+1. The Morgan fingerprint density at radius 2 is 1.83 bits per heavy atom. The van der Waals surface area contributed by atoms with Crippen LogP contribution in [-0.2, 0) is 21.4 Å². The second kappa shape index (κ2) is 9.02. The predicted molar refractivity (Wildman–Crippen MR) is 108 cm³/mol. The van der Waals surface area contributed by atoms with Crippen LogP contribution >= 0.6 is 0 Å². The van der Waals surface area contributed by atoms with Gasteiger partial charge in [-0.15, -0.1) is 0 Å². The minimum absolute atomic E-state index is 0.145. The van der Waals surface area contributed by atoms with Crippen molar-refractivity contribution in [2.45, 2.75) is 25.3 Å². The van der Waals surface area contributed by atoms with Gasteiger partial charge >= 0.3 is 0 Å². The highest BCUT2D eigenvalue weighted by atomic mass is 32.2. The second-order valence-electron chi connectivity index (χ2n) is 7.47. The highest BCUT2D eigenvalue weighted by Gasteiger charge is 2.32. The summed E-state index contributed by atoms with van der Waals surface area (Å²) in [5.74, 6) is -0.514. The molecule has 0 spiro atoms. The number of nitrogens with one attached hydrogen (secondary N) is 2. The molecule has 29 heavy (non-hydrogen) atoms. The lowest BCUT2D eigenvalue weighted by atomic mass is 10.2. The zero-order chi connectivity index (χ0) is 21.0. The van der Waals surface area contributed by atoms with Crippen molar-refractivity contribution in [1.29, 1.82) is 0 Å². The lowest BCUT2D eigenvalue weighted by molar-refractivity contribution is -0.895. The van der Waals surface area contributed by atoms with E-state index in [0.717, 1.165) is 16.0 Å². The minimum atomic E-state index is -3.54. The summed E-state index contributed by atoms with van der Waals surface area (Å²) < 4.78 is 41.1. The number of aryl methyl sites for hydroxylation is 2. The fourth-order valence-corrected chi connectivity index (χ4v) is 5.22. The first kappa shape index (κ1) is 21.4. The van der Waals surface area contributed by atoms with E-state index in [-0.39, 0.29) is 24.8 Å². The van der Waals surface area contributed by atoms with E-state index in [1.165, 1.54) is 10.4 Å². The number of nitrogens with zero attached hydrogens (tertiary/aromatic N) is 1. The Balaban J connectivity index is 1.53. The van der Waals surface area contributed by atoms with Gasteiger partial charge in [-0.05, 0) is 37.1 Å². The maximum Gasteiger partial charge on any atom is 0.275 e. The molecule has 1 amide bonds. The maximum atomic E-state index is 13.6. The van der Waals surface area contributed by atoms with Gasteiger partial charge in [-0.1, -0.05) is 30.3 Å². The van der Waals surface area contributed by atoms with Crippen molar-refractivity contribution in [1.82, 2.24) is 9.62 Å². The lowest BCUT2D eigenvalue weighted by Gasteiger charge is -2.31. The van der Waals surface area contributed by atoms with Crippen LogP contribution in [0.1, 0.15) is 16.7 Å². The fraction of sp³-hybridized carbons (Fsp3) is 0.381. The summed E-state index contributed by atoms with van der Waals surface area (Å²) >= 11 is 0. The van der Waals surface area contributed by atoms with Gasteiger partial charge in [0.05, 0.1) is 31.1 Å². The third-order valence-corrected chi connectivity index (χ3v) is 7.28. The number of piperazine rings is 1. The van der Waals surface area contributed by atoms with E-state index >= 15 is 0 Å². The molecule has 1 aliphatic heterocycles. The van der Waals surface area contributed by atoms with Gasteiger partial charge in [0.2, 0.25) is 10.0 Å². The van der Waals surface area contributed by atoms with Crippen molar-refractivity contribution < 1.29 is 22.5 Å². The Morgan fingerprint density at radius 1 is 1.14 bits per heavy atom. The number of benzene rings is 2. The van der Waals surface area contributed by atoms with Crippen LogP contribution in [0.2, 0.25) is 0 Å². The molecule has 0 aromatic heterocycles. The Labute approximate surface area is 171 Å². The largest absolute Gasteiger partial charge is 0.347 e. The fourth-order valence-electron chi connectivity index (χ4n) is 3.47. The van der Waals surface area contributed by atoms with E-state index in [4.69, 9.17) is 0 Å². The first-order valence-electron chi connectivity index (χ1n) is 9.68. The van der Waals surface area contributed by atoms with Crippen LogP contribution in [0.25, 0.3) is 0 Å². The van der Waals surface area contributed by atoms with Crippen LogP contribution in [0.4, 0.5) is 4.39 Å². The summed E-state index contributed by atoms with van der Waals surface area (Å²) in [5, 5.41) is 2.74. The van der Waals surface area contributed by atoms with Gasteiger partial charge in [0.15, 0.2) is 6.54 Å². The third-order valence-electron chi connectivity index (χ3n) is 5.24. The molecular weight excluding hydrogens is 393 g/mol. The van der Waals surface area contributed by atoms with E-state index in [1.54, 1.807) is 31.2 Å². The van der Waals surface area contributed by atoms with Gasteiger partial charge in [0, 0.05) is 12.1 Å². The number of hydrogen-bond donors (Lipinski definition) is 2. The van der Waals surface area contributed by atoms with Crippen molar-refractivity contribution >= 4 is 15.9 Å². The molecule has 0 unspecified atom stereocenters. The molecule has 156 valence electrons. The summed E-state index contributed by atoms with van der Waals surface area (Å²) in [4.78, 5) is 13.6. The van der Waals surface area contributed by atoms with Gasteiger partial charge in [-0.25, -0.2) is 12.8 Å². The molecule has 0 atom stereocenters. The lowest BCUT2D eigenvalue weighted by Crippen LogP contribution is -3.15. The van der Waals surface area contributed by atoms with Crippen LogP contribution in [0.3, 0.4) is 0 Å². The number of quaternary nitrogens is 1. The number of hydrogen-bond acceptors (Lipinski definition) is 3. The molecule has 0 bridgehead atoms. The van der Waals surface area contributed by atoms with E-state index in [1.807, 2.05) is 19.1 Å². The van der Waals surface area contributed by atoms with Crippen LogP contribution < -0.4 is 10.2 Å².